The third-order valence-electron chi connectivity index (χ3n) is 1.98. The Balaban J connectivity index is 2.23. The van der Waals surface area contributed by atoms with E-state index in [9.17, 15) is 0 Å². The molecule has 0 bridgehead atoms. The van der Waals surface area contributed by atoms with E-state index >= 15 is 0 Å². The van der Waals surface area contributed by atoms with Crippen molar-refractivity contribution in [1.29, 1.82) is 0 Å². The molecule has 1 fully saturated rings. The first kappa shape index (κ1) is 6.09. The highest BCUT2D eigenvalue weighted by Gasteiger charge is 2.13. The molecule has 0 saturated heterocycles. The van der Waals surface area contributed by atoms with Gasteiger partial charge in [-0.1, -0.05) is 19.8 Å². The van der Waals surface area contributed by atoms with Crippen LogP contribution < -0.4 is 5.73 Å². The molecular weight excluding hydrogens is 98.1 g/mol. The van der Waals surface area contributed by atoms with Gasteiger partial charge in [-0.2, -0.15) is 0 Å². The SMILES string of the molecule is C[C@H]1CCC[C@@H](N)C1. The minimum absolute atomic E-state index is 0.513. The lowest BCUT2D eigenvalue weighted by atomic mass is 9.88. The highest BCUT2D eigenvalue weighted by molar-refractivity contribution is 4.71. The van der Waals surface area contributed by atoms with Crippen LogP contribution in [0.5, 0.6) is 0 Å². The van der Waals surface area contributed by atoms with Crippen LogP contribution in [0.1, 0.15) is 32.6 Å². The van der Waals surface area contributed by atoms with Gasteiger partial charge >= 0.3 is 0 Å². The van der Waals surface area contributed by atoms with Crippen LogP contribution >= 0.6 is 0 Å². The minimum Gasteiger partial charge on any atom is -0.328 e. The van der Waals surface area contributed by atoms with Crippen LogP contribution in [0.15, 0.2) is 0 Å². The van der Waals surface area contributed by atoms with Crippen LogP contribution in [0.25, 0.3) is 0 Å². The number of nitrogens with two attached hydrogens (primary N) is 1. The molecule has 0 amide bonds. The summed E-state index contributed by atoms with van der Waals surface area (Å²) in [7, 11) is 0. The summed E-state index contributed by atoms with van der Waals surface area (Å²) in [4.78, 5) is 0. The lowest BCUT2D eigenvalue weighted by molar-refractivity contribution is 0.344. The van der Waals surface area contributed by atoms with Crippen molar-refractivity contribution in [2.45, 2.75) is 38.6 Å². The fourth-order valence-corrected chi connectivity index (χ4v) is 1.48. The Labute approximate surface area is 51.3 Å². The number of hydrogen-bond donors (Lipinski definition) is 1. The second-order valence-corrected chi connectivity index (χ2v) is 3.03. The van der Waals surface area contributed by atoms with E-state index in [1.54, 1.807) is 0 Å². The molecule has 0 aromatic carbocycles. The molecule has 0 aromatic rings. The van der Waals surface area contributed by atoms with Crippen LogP contribution in [0.4, 0.5) is 0 Å². The highest BCUT2D eigenvalue weighted by atomic mass is 14.6. The Morgan fingerprint density at radius 3 is 2.50 bits per heavy atom. The van der Waals surface area contributed by atoms with Gasteiger partial charge in [0, 0.05) is 6.04 Å². The fourth-order valence-electron chi connectivity index (χ4n) is 1.48. The van der Waals surface area contributed by atoms with Crippen LogP contribution in [0.2, 0.25) is 0 Å². The predicted octanol–water partition coefficient (Wildman–Crippen LogP) is 1.52. The third kappa shape index (κ3) is 1.48. The summed E-state index contributed by atoms with van der Waals surface area (Å²) in [6.45, 7) is 2.29. The van der Waals surface area contributed by atoms with Gasteiger partial charge in [-0.25, -0.2) is 0 Å². The third-order valence-corrected chi connectivity index (χ3v) is 1.98. The molecule has 0 heterocycles. The molecule has 0 aromatic heterocycles. The zero-order valence-electron chi connectivity index (χ0n) is 5.56. The Morgan fingerprint density at radius 1 is 1.38 bits per heavy atom. The van der Waals surface area contributed by atoms with Crippen molar-refractivity contribution >= 4 is 0 Å². The van der Waals surface area contributed by atoms with Gasteiger partial charge in [0.15, 0.2) is 0 Å². The van der Waals surface area contributed by atoms with Crippen molar-refractivity contribution in [3.05, 3.63) is 0 Å². The lowest BCUT2D eigenvalue weighted by Gasteiger charge is -2.22. The molecule has 0 radical (unpaired) electrons. The Kier molecular flexibility index (Phi) is 1.90. The van der Waals surface area contributed by atoms with E-state index in [0.29, 0.717) is 6.04 Å². The summed E-state index contributed by atoms with van der Waals surface area (Å²) in [5.41, 5.74) is 5.73. The second kappa shape index (κ2) is 2.49. The smallest absolute Gasteiger partial charge is 0.00413 e. The average Bonchev–Trinajstić information content (AvgIpc) is 1.64. The van der Waals surface area contributed by atoms with Crippen molar-refractivity contribution in [1.82, 2.24) is 0 Å². The monoisotopic (exact) mass is 113 g/mol. The minimum atomic E-state index is 0.513. The summed E-state index contributed by atoms with van der Waals surface area (Å²) in [5.74, 6) is 0.888. The first-order valence-corrected chi connectivity index (χ1v) is 3.54. The second-order valence-electron chi connectivity index (χ2n) is 3.03. The van der Waals surface area contributed by atoms with Gasteiger partial charge in [0.2, 0.25) is 0 Å². The van der Waals surface area contributed by atoms with E-state index in [1.165, 1.54) is 25.7 Å². The van der Waals surface area contributed by atoms with Gasteiger partial charge < -0.3 is 5.73 Å². The molecule has 1 aliphatic carbocycles. The Hall–Kier alpha value is -0.0400. The summed E-state index contributed by atoms with van der Waals surface area (Å²) in [6, 6.07) is 0.513. The Bertz CT molecular complexity index is 62.8. The van der Waals surface area contributed by atoms with Gasteiger partial charge in [-0.15, -0.1) is 0 Å². The van der Waals surface area contributed by atoms with Crippen LogP contribution in [-0.4, -0.2) is 6.04 Å². The normalized spacial score (nSPS) is 39.8. The summed E-state index contributed by atoms with van der Waals surface area (Å²) in [6.07, 6.45) is 5.25. The van der Waals surface area contributed by atoms with Gasteiger partial charge in [0.1, 0.15) is 0 Å². The van der Waals surface area contributed by atoms with E-state index < -0.39 is 0 Å². The molecular formula is C7H15N. The van der Waals surface area contributed by atoms with E-state index in [1.807, 2.05) is 0 Å². The molecule has 0 spiro atoms. The van der Waals surface area contributed by atoms with Gasteiger partial charge in [-0.05, 0) is 18.8 Å². The molecule has 0 unspecified atom stereocenters. The quantitative estimate of drug-likeness (QED) is 0.506. The molecule has 1 heteroatoms. The molecule has 48 valence electrons. The Morgan fingerprint density at radius 2 is 2.12 bits per heavy atom. The average molecular weight is 113 g/mol. The van der Waals surface area contributed by atoms with Gasteiger partial charge in [0.25, 0.3) is 0 Å². The summed E-state index contributed by atoms with van der Waals surface area (Å²) < 4.78 is 0. The van der Waals surface area contributed by atoms with Gasteiger partial charge in [-0.3, -0.25) is 0 Å². The maximum Gasteiger partial charge on any atom is 0.00413 e. The molecule has 1 saturated carbocycles. The fraction of sp³-hybridized carbons (Fsp3) is 1.00. The standard InChI is InChI=1S/C7H15N/c1-6-3-2-4-7(8)5-6/h6-7H,2-5,8H2,1H3/t6-,7+/m0/s1. The van der Waals surface area contributed by atoms with E-state index in [2.05, 4.69) is 6.92 Å². The van der Waals surface area contributed by atoms with Crippen molar-refractivity contribution in [2.24, 2.45) is 11.7 Å². The molecule has 0 aliphatic heterocycles. The van der Waals surface area contributed by atoms with Crippen molar-refractivity contribution in [2.75, 3.05) is 0 Å². The van der Waals surface area contributed by atoms with Crippen LogP contribution in [0, 0.1) is 5.92 Å². The molecule has 1 nitrogen and oxygen atoms in total. The molecule has 2 atom stereocenters. The summed E-state index contributed by atoms with van der Waals surface area (Å²) >= 11 is 0. The number of rotatable bonds is 0. The van der Waals surface area contributed by atoms with Crippen molar-refractivity contribution < 1.29 is 0 Å². The first-order valence-electron chi connectivity index (χ1n) is 3.54. The number of hydrogen-bond acceptors (Lipinski definition) is 1. The van der Waals surface area contributed by atoms with E-state index in [0.717, 1.165) is 5.92 Å². The zero-order valence-corrected chi connectivity index (χ0v) is 5.56. The maximum atomic E-state index is 5.73. The molecule has 8 heavy (non-hydrogen) atoms. The van der Waals surface area contributed by atoms with Crippen molar-refractivity contribution in [3.63, 3.8) is 0 Å². The summed E-state index contributed by atoms with van der Waals surface area (Å²) in [5, 5.41) is 0. The largest absolute Gasteiger partial charge is 0.328 e. The zero-order chi connectivity index (χ0) is 5.98. The molecule has 1 aliphatic rings. The van der Waals surface area contributed by atoms with Crippen molar-refractivity contribution in [3.8, 4) is 0 Å². The topological polar surface area (TPSA) is 26.0 Å². The van der Waals surface area contributed by atoms with E-state index in [4.69, 9.17) is 5.73 Å². The molecule has 2 N–H and O–H groups in total. The lowest BCUT2D eigenvalue weighted by Crippen LogP contribution is -2.26. The van der Waals surface area contributed by atoms with Crippen LogP contribution in [0.3, 0.4) is 0 Å². The first-order chi connectivity index (χ1) is 3.79. The van der Waals surface area contributed by atoms with Gasteiger partial charge in [0.05, 0.1) is 0 Å². The maximum absolute atomic E-state index is 5.73. The van der Waals surface area contributed by atoms with E-state index in [-0.39, 0.29) is 0 Å². The predicted molar refractivity (Wildman–Crippen MR) is 35.6 cm³/mol. The molecule has 1 rings (SSSR count). The highest BCUT2D eigenvalue weighted by Crippen LogP contribution is 2.21. The van der Waals surface area contributed by atoms with Crippen LogP contribution in [-0.2, 0) is 0 Å².